The van der Waals surface area contributed by atoms with Crippen LogP contribution in [0.25, 0.3) is 0 Å². The molecule has 0 atom stereocenters. The van der Waals surface area contributed by atoms with E-state index >= 15 is 0 Å². The van der Waals surface area contributed by atoms with Crippen molar-refractivity contribution in [2.45, 2.75) is 18.2 Å². The number of hydrogen-bond acceptors (Lipinski definition) is 3. The summed E-state index contributed by atoms with van der Waals surface area (Å²) in [5.41, 5.74) is 6.74. The molecule has 0 aromatic heterocycles. The van der Waals surface area contributed by atoms with Crippen molar-refractivity contribution in [1.82, 2.24) is 4.72 Å². The zero-order valence-electron chi connectivity index (χ0n) is 9.53. The minimum Gasteiger partial charge on any atom is -0.398 e. The fraction of sp³-hybridized carbons (Fsp3) is 0.273. The maximum atomic E-state index is 12.0. The summed E-state index contributed by atoms with van der Waals surface area (Å²) in [7, 11) is -3.52. The van der Waals surface area contributed by atoms with E-state index in [0.29, 0.717) is 28.7 Å². The van der Waals surface area contributed by atoms with Gasteiger partial charge < -0.3 is 5.73 Å². The number of halogens is 1. The van der Waals surface area contributed by atoms with Crippen LogP contribution in [0.2, 0.25) is 0 Å². The first-order valence-electron chi connectivity index (χ1n) is 5.04. The lowest BCUT2D eigenvalue weighted by molar-refractivity contribution is 0.581. The lowest BCUT2D eigenvalue weighted by atomic mass is 10.2. The largest absolute Gasteiger partial charge is 0.398 e. The van der Waals surface area contributed by atoms with E-state index in [1.807, 2.05) is 0 Å². The molecule has 6 heteroatoms. The van der Waals surface area contributed by atoms with Crippen molar-refractivity contribution < 1.29 is 8.42 Å². The fourth-order valence-corrected chi connectivity index (χ4v) is 3.30. The Morgan fingerprint density at radius 3 is 2.76 bits per heavy atom. The molecule has 0 spiro atoms. The summed E-state index contributed by atoms with van der Waals surface area (Å²) in [6.07, 6.45) is 2.24. The normalized spacial score (nSPS) is 11.4. The molecule has 0 unspecified atom stereocenters. The SMILES string of the molecule is C=CCCNS(=O)(=O)c1cc(Br)cc(N)c1C. The lowest BCUT2D eigenvalue weighted by Crippen LogP contribution is -2.25. The molecule has 1 rings (SSSR count). The van der Waals surface area contributed by atoms with Gasteiger partial charge >= 0.3 is 0 Å². The van der Waals surface area contributed by atoms with Crippen LogP contribution in [0, 0.1) is 6.92 Å². The van der Waals surface area contributed by atoms with E-state index in [2.05, 4.69) is 27.2 Å². The van der Waals surface area contributed by atoms with Crippen LogP contribution in [0.3, 0.4) is 0 Å². The molecule has 1 aromatic rings. The van der Waals surface area contributed by atoms with E-state index in [0.717, 1.165) is 0 Å². The van der Waals surface area contributed by atoms with Gasteiger partial charge in [-0.05, 0) is 31.0 Å². The molecule has 94 valence electrons. The fourth-order valence-electron chi connectivity index (χ4n) is 1.33. The average Bonchev–Trinajstić information content (AvgIpc) is 2.23. The number of nitrogen functional groups attached to an aromatic ring is 1. The predicted molar refractivity (Wildman–Crippen MR) is 73.3 cm³/mol. The van der Waals surface area contributed by atoms with E-state index in [9.17, 15) is 8.42 Å². The molecule has 0 saturated carbocycles. The Hall–Kier alpha value is -0.850. The maximum Gasteiger partial charge on any atom is 0.240 e. The first kappa shape index (κ1) is 14.2. The van der Waals surface area contributed by atoms with Crippen LogP contribution in [0.4, 0.5) is 5.69 Å². The molecule has 0 amide bonds. The Balaban J connectivity index is 3.10. The third-order valence-electron chi connectivity index (χ3n) is 2.30. The third-order valence-corrected chi connectivity index (χ3v) is 4.34. The highest BCUT2D eigenvalue weighted by Crippen LogP contribution is 2.26. The van der Waals surface area contributed by atoms with Crippen LogP contribution < -0.4 is 10.5 Å². The van der Waals surface area contributed by atoms with Gasteiger partial charge in [0.15, 0.2) is 0 Å². The molecule has 1 aromatic carbocycles. The molecule has 0 fully saturated rings. The van der Waals surface area contributed by atoms with Crippen molar-refractivity contribution in [3.63, 3.8) is 0 Å². The summed E-state index contributed by atoms with van der Waals surface area (Å²) >= 11 is 3.23. The second kappa shape index (κ2) is 5.66. The summed E-state index contributed by atoms with van der Waals surface area (Å²) in [4.78, 5) is 0.202. The van der Waals surface area contributed by atoms with Gasteiger partial charge in [0.1, 0.15) is 0 Å². The Morgan fingerprint density at radius 2 is 2.18 bits per heavy atom. The lowest BCUT2D eigenvalue weighted by Gasteiger charge is -2.11. The molecule has 0 aliphatic heterocycles. The quantitative estimate of drug-likeness (QED) is 0.496. The molecular weight excluding hydrogens is 304 g/mol. The molecule has 0 radical (unpaired) electrons. The summed E-state index contributed by atoms with van der Waals surface area (Å²) in [5.74, 6) is 0. The topological polar surface area (TPSA) is 72.2 Å². The van der Waals surface area contributed by atoms with Crippen LogP contribution >= 0.6 is 15.9 Å². The Morgan fingerprint density at radius 1 is 1.53 bits per heavy atom. The zero-order valence-corrected chi connectivity index (χ0v) is 11.9. The van der Waals surface area contributed by atoms with Crippen LogP contribution in [0.1, 0.15) is 12.0 Å². The van der Waals surface area contributed by atoms with Crippen molar-refractivity contribution in [3.05, 3.63) is 34.8 Å². The smallest absolute Gasteiger partial charge is 0.240 e. The first-order chi connectivity index (χ1) is 7.88. The molecule has 0 aliphatic carbocycles. The number of rotatable bonds is 5. The molecule has 3 N–H and O–H groups in total. The van der Waals surface area contributed by atoms with Gasteiger partial charge in [-0.1, -0.05) is 22.0 Å². The Kier molecular flexibility index (Phi) is 4.73. The third kappa shape index (κ3) is 3.55. The summed E-state index contributed by atoms with van der Waals surface area (Å²) in [6.45, 7) is 5.55. The van der Waals surface area contributed by atoms with Gasteiger partial charge in [-0.25, -0.2) is 13.1 Å². The van der Waals surface area contributed by atoms with Crippen molar-refractivity contribution >= 4 is 31.6 Å². The van der Waals surface area contributed by atoms with Crippen molar-refractivity contribution in [3.8, 4) is 0 Å². The van der Waals surface area contributed by atoms with E-state index in [1.165, 1.54) is 0 Å². The summed E-state index contributed by atoms with van der Waals surface area (Å²) in [6, 6.07) is 3.22. The number of anilines is 1. The van der Waals surface area contributed by atoms with Crippen LogP contribution in [0.15, 0.2) is 34.2 Å². The van der Waals surface area contributed by atoms with Gasteiger partial charge in [0, 0.05) is 16.7 Å². The molecule has 0 aliphatic rings. The van der Waals surface area contributed by atoms with Crippen molar-refractivity contribution in [2.75, 3.05) is 12.3 Å². The summed E-state index contributed by atoms with van der Waals surface area (Å²) < 4.78 is 27.2. The van der Waals surface area contributed by atoms with E-state index in [1.54, 1.807) is 25.1 Å². The second-order valence-corrected chi connectivity index (χ2v) is 6.24. The number of benzene rings is 1. The Bertz CT molecular complexity index is 527. The average molecular weight is 319 g/mol. The highest BCUT2D eigenvalue weighted by Gasteiger charge is 2.18. The van der Waals surface area contributed by atoms with Gasteiger partial charge in [-0.3, -0.25) is 0 Å². The number of nitrogens with two attached hydrogens (primary N) is 1. The van der Waals surface area contributed by atoms with Gasteiger partial charge in [0.25, 0.3) is 0 Å². The molecule has 0 bridgehead atoms. The molecule has 4 nitrogen and oxygen atoms in total. The van der Waals surface area contributed by atoms with E-state index < -0.39 is 10.0 Å². The molecule has 17 heavy (non-hydrogen) atoms. The highest BCUT2D eigenvalue weighted by atomic mass is 79.9. The van der Waals surface area contributed by atoms with Crippen LogP contribution in [-0.4, -0.2) is 15.0 Å². The standard InChI is InChI=1S/C11H15BrN2O2S/c1-3-4-5-14-17(15,16)11-7-9(12)6-10(13)8(11)2/h3,6-7,14H,1,4-5,13H2,2H3. The molecular formula is C11H15BrN2O2S. The van der Waals surface area contributed by atoms with Gasteiger partial charge in [0.05, 0.1) is 4.90 Å². The van der Waals surface area contributed by atoms with Crippen molar-refractivity contribution in [2.24, 2.45) is 0 Å². The van der Waals surface area contributed by atoms with E-state index in [-0.39, 0.29) is 4.90 Å². The first-order valence-corrected chi connectivity index (χ1v) is 7.32. The van der Waals surface area contributed by atoms with Gasteiger partial charge in [0.2, 0.25) is 10.0 Å². The van der Waals surface area contributed by atoms with Crippen LogP contribution in [-0.2, 0) is 10.0 Å². The summed E-state index contributed by atoms with van der Waals surface area (Å²) in [5, 5.41) is 0. The minimum absolute atomic E-state index is 0.202. The molecule has 0 heterocycles. The van der Waals surface area contributed by atoms with E-state index in [4.69, 9.17) is 5.73 Å². The highest BCUT2D eigenvalue weighted by molar-refractivity contribution is 9.10. The number of sulfonamides is 1. The van der Waals surface area contributed by atoms with Crippen LogP contribution in [0.5, 0.6) is 0 Å². The van der Waals surface area contributed by atoms with Gasteiger partial charge in [-0.15, -0.1) is 6.58 Å². The predicted octanol–water partition coefficient (Wildman–Crippen LogP) is 2.19. The zero-order chi connectivity index (χ0) is 13.1. The van der Waals surface area contributed by atoms with Gasteiger partial charge in [-0.2, -0.15) is 0 Å². The monoisotopic (exact) mass is 318 g/mol. The van der Waals surface area contributed by atoms with Crippen molar-refractivity contribution in [1.29, 1.82) is 0 Å². The second-order valence-electron chi connectivity index (χ2n) is 3.59. The maximum absolute atomic E-state index is 12.0. The number of nitrogens with one attached hydrogen (secondary N) is 1. The Labute approximate surface area is 110 Å². The molecule has 0 saturated heterocycles. The minimum atomic E-state index is -3.52. The number of hydrogen-bond donors (Lipinski definition) is 2.